The quantitative estimate of drug-likeness (QED) is 0.863. The zero-order valence-corrected chi connectivity index (χ0v) is 12.6. The lowest BCUT2D eigenvalue weighted by Crippen LogP contribution is -2.27. The Bertz CT molecular complexity index is 395. The van der Waals surface area contributed by atoms with Crippen molar-refractivity contribution in [1.82, 2.24) is 10.3 Å². The van der Waals surface area contributed by atoms with Crippen LogP contribution in [0.15, 0.2) is 5.38 Å². The van der Waals surface area contributed by atoms with Gasteiger partial charge in [-0.15, -0.1) is 11.3 Å². The third kappa shape index (κ3) is 4.38. The number of rotatable bonds is 5. The Morgan fingerprint density at radius 2 is 2.17 bits per heavy atom. The van der Waals surface area contributed by atoms with E-state index in [2.05, 4.69) is 29.5 Å². The van der Waals surface area contributed by atoms with Crippen LogP contribution in [-0.2, 0) is 4.79 Å². The lowest BCUT2D eigenvalue weighted by atomic mass is 9.96. The molecule has 1 heterocycles. The number of anilines is 1. The van der Waals surface area contributed by atoms with E-state index in [1.807, 2.05) is 26.2 Å². The molecule has 18 heavy (non-hydrogen) atoms. The normalized spacial score (nSPS) is 13.4. The zero-order chi connectivity index (χ0) is 13.8. The average Bonchev–Trinajstić information content (AvgIpc) is 2.73. The molecule has 0 saturated carbocycles. The highest BCUT2D eigenvalue weighted by molar-refractivity contribution is 7.13. The number of nitrogens with zero attached hydrogens (tertiary/aromatic N) is 1. The van der Waals surface area contributed by atoms with Crippen molar-refractivity contribution < 1.29 is 4.79 Å². The van der Waals surface area contributed by atoms with Gasteiger partial charge in [0.25, 0.3) is 0 Å². The maximum Gasteiger partial charge on any atom is 0.231 e. The highest BCUT2D eigenvalue weighted by atomic mass is 32.1. The molecule has 0 aliphatic carbocycles. The van der Waals surface area contributed by atoms with E-state index in [9.17, 15) is 4.79 Å². The average molecular weight is 269 g/mol. The molecule has 0 bridgehead atoms. The van der Waals surface area contributed by atoms with Crippen LogP contribution in [0, 0.1) is 5.41 Å². The highest BCUT2D eigenvalue weighted by Gasteiger charge is 2.22. The number of carbonyl (C=O) groups excluding carboxylic acids is 1. The Morgan fingerprint density at radius 1 is 1.50 bits per heavy atom. The Balaban J connectivity index is 2.61. The molecule has 2 N–H and O–H groups in total. The minimum Gasteiger partial charge on any atom is -0.309 e. The van der Waals surface area contributed by atoms with Gasteiger partial charge in [-0.25, -0.2) is 4.98 Å². The summed E-state index contributed by atoms with van der Waals surface area (Å²) in [7, 11) is 0. The molecule has 0 aliphatic rings. The Kier molecular flexibility index (Phi) is 5.28. The number of aromatic nitrogens is 1. The Hall–Kier alpha value is -0.940. The van der Waals surface area contributed by atoms with Crippen LogP contribution < -0.4 is 10.6 Å². The van der Waals surface area contributed by atoms with Crippen LogP contribution in [0.2, 0.25) is 0 Å². The Labute approximate surface area is 113 Å². The molecule has 1 atom stereocenters. The molecule has 4 nitrogen and oxygen atoms in total. The number of hydrogen-bond acceptors (Lipinski definition) is 4. The number of thiazole rings is 1. The minimum absolute atomic E-state index is 0.00225. The first-order valence-electron chi connectivity index (χ1n) is 6.35. The van der Waals surface area contributed by atoms with E-state index in [4.69, 9.17) is 0 Å². The van der Waals surface area contributed by atoms with E-state index in [0.29, 0.717) is 5.13 Å². The van der Waals surface area contributed by atoms with Gasteiger partial charge in [0.2, 0.25) is 5.91 Å². The molecule has 0 aliphatic heterocycles. The fraction of sp³-hybridized carbons (Fsp3) is 0.692. The van der Waals surface area contributed by atoms with Crippen molar-refractivity contribution in [2.24, 2.45) is 5.41 Å². The van der Waals surface area contributed by atoms with Crippen LogP contribution in [0.4, 0.5) is 5.13 Å². The molecule has 1 rings (SSSR count). The van der Waals surface area contributed by atoms with Gasteiger partial charge >= 0.3 is 0 Å². The second-order valence-electron chi connectivity index (χ2n) is 5.46. The van der Waals surface area contributed by atoms with Gasteiger partial charge in [-0.05, 0) is 19.9 Å². The standard InChI is InChI=1S/C13H23N3OS/c1-6-7-14-9(2)10-8-18-12(15-10)16-11(17)13(3,4)5/h8-9,14H,6-7H2,1-5H3,(H,15,16,17). The summed E-state index contributed by atoms with van der Waals surface area (Å²) in [5.74, 6) is -0.00225. The van der Waals surface area contributed by atoms with Crippen LogP contribution >= 0.6 is 11.3 Å². The lowest BCUT2D eigenvalue weighted by molar-refractivity contribution is -0.123. The second kappa shape index (κ2) is 6.29. The largest absolute Gasteiger partial charge is 0.309 e. The summed E-state index contributed by atoms with van der Waals surface area (Å²) in [6.07, 6.45) is 1.10. The molecule has 1 aromatic heterocycles. The summed E-state index contributed by atoms with van der Waals surface area (Å²) in [5.41, 5.74) is 0.593. The van der Waals surface area contributed by atoms with E-state index in [1.54, 1.807) is 0 Å². The van der Waals surface area contributed by atoms with Crippen molar-refractivity contribution in [3.05, 3.63) is 11.1 Å². The highest BCUT2D eigenvalue weighted by Crippen LogP contribution is 2.23. The summed E-state index contributed by atoms with van der Waals surface area (Å²) in [5, 5.41) is 8.90. The summed E-state index contributed by atoms with van der Waals surface area (Å²) in [6, 6.07) is 0.224. The number of amides is 1. The molecule has 1 aromatic rings. The summed E-state index contributed by atoms with van der Waals surface area (Å²) < 4.78 is 0. The fourth-order valence-electron chi connectivity index (χ4n) is 1.29. The Morgan fingerprint density at radius 3 is 2.72 bits per heavy atom. The molecular weight excluding hydrogens is 246 g/mol. The molecular formula is C13H23N3OS. The van der Waals surface area contributed by atoms with E-state index in [0.717, 1.165) is 18.7 Å². The van der Waals surface area contributed by atoms with Crippen molar-refractivity contribution in [2.45, 2.75) is 47.1 Å². The lowest BCUT2D eigenvalue weighted by Gasteiger charge is -2.16. The molecule has 1 amide bonds. The number of hydrogen-bond donors (Lipinski definition) is 2. The third-order valence-electron chi connectivity index (χ3n) is 2.57. The van der Waals surface area contributed by atoms with Crippen molar-refractivity contribution in [3.8, 4) is 0 Å². The molecule has 102 valence electrons. The van der Waals surface area contributed by atoms with Crippen LogP contribution in [0.3, 0.4) is 0 Å². The fourth-order valence-corrected chi connectivity index (χ4v) is 2.09. The van der Waals surface area contributed by atoms with Crippen molar-refractivity contribution >= 4 is 22.4 Å². The second-order valence-corrected chi connectivity index (χ2v) is 6.32. The number of nitrogens with one attached hydrogen (secondary N) is 2. The van der Waals surface area contributed by atoms with Crippen LogP contribution in [0.1, 0.15) is 52.8 Å². The van der Waals surface area contributed by atoms with Gasteiger partial charge in [-0.3, -0.25) is 4.79 Å². The van der Waals surface area contributed by atoms with Gasteiger partial charge in [0.1, 0.15) is 0 Å². The smallest absolute Gasteiger partial charge is 0.231 e. The topological polar surface area (TPSA) is 54.0 Å². The van der Waals surface area contributed by atoms with Gasteiger partial charge in [-0.1, -0.05) is 27.7 Å². The maximum atomic E-state index is 11.8. The third-order valence-corrected chi connectivity index (χ3v) is 3.34. The van der Waals surface area contributed by atoms with Crippen LogP contribution in [0.25, 0.3) is 0 Å². The molecule has 1 unspecified atom stereocenters. The van der Waals surface area contributed by atoms with Crippen molar-refractivity contribution in [3.63, 3.8) is 0 Å². The number of carbonyl (C=O) groups is 1. The minimum atomic E-state index is -0.391. The van der Waals surface area contributed by atoms with Crippen LogP contribution in [0.5, 0.6) is 0 Å². The predicted molar refractivity (Wildman–Crippen MR) is 76.9 cm³/mol. The summed E-state index contributed by atoms with van der Waals surface area (Å²) in [6.45, 7) is 10.9. The maximum absolute atomic E-state index is 11.8. The molecule has 0 fully saturated rings. The zero-order valence-electron chi connectivity index (χ0n) is 11.8. The molecule has 0 radical (unpaired) electrons. The molecule has 5 heteroatoms. The molecule has 0 aromatic carbocycles. The van der Waals surface area contributed by atoms with E-state index >= 15 is 0 Å². The SMILES string of the molecule is CCCNC(C)c1csc(NC(=O)C(C)(C)C)n1. The van der Waals surface area contributed by atoms with Crippen molar-refractivity contribution in [2.75, 3.05) is 11.9 Å². The van der Waals surface area contributed by atoms with Crippen LogP contribution in [-0.4, -0.2) is 17.4 Å². The van der Waals surface area contributed by atoms with Crippen molar-refractivity contribution in [1.29, 1.82) is 0 Å². The first-order chi connectivity index (χ1) is 8.34. The van der Waals surface area contributed by atoms with Gasteiger partial charge in [-0.2, -0.15) is 0 Å². The van der Waals surface area contributed by atoms with E-state index < -0.39 is 5.41 Å². The first kappa shape index (κ1) is 15.1. The predicted octanol–water partition coefficient (Wildman–Crippen LogP) is 3.19. The monoisotopic (exact) mass is 269 g/mol. The summed E-state index contributed by atoms with van der Waals surface area (Å²) in [4.78, 5) is 16.3. The van der Waals surface area contributed by atoms with Gasteiger partial charge < -0.3 is 10.6 Å². The van der Waals surface area contributed by atoms with E-state index in [1.165, 1.54) is 11.3 Å². The van der Waals surface area contributed by atoms with Gasteiger partial charge in [0, 0.05) is 16.8 Å². The van der Waals surface area contributed by atoms with E-state index in [-0.39, 0.29) is 11.9 Å². The molecule has 0 spiro atoms. The van der Waals surface area contributed by atoms with Gasteiger partial charge in [0.05, 0.1) is 5.69 Å². The van der Waals surface area contributed by atoms with Gasteiger partial charge in [0.15, 0.2) is 5.13 Å². The first-order valence-corrected chi connectivity index (χ1v) is 7.22. The molecule has 0 saturated heterocycles. The summed E-state index contributed by atoms with van der Waals surface area (Å²) >= 11 is 1.47.